The zero-order valence-electron chi connectivity index (χ0n) is 8.74. The molecule has 15 heavy (non-hydrogen) atoms. The molecule has 0 aromatic heterocycles. The Labute approximate surface area is 93.7 Å². The average molecular weight is 226 g/mol. The largest absolute Gasteiger partial charge is 0.388 e. The molecule has 1 aliphatic heterocycles. The first kappa shape index (κ1) is 11.0. The first-order valence-corrected chi connectivity index (χ1v) is 6.24. The normalized spacial score (nSPS) is 30.7. The Morgan fingerprint density at radius 1 is 1.53 bits per heavy atom. The van der Waals surface area contributed by atoms with Crippen LogP contribution in [0.1, 0.15) is 18.9 Å². The molecule has 1 saturated heterocycles. The molecule has 3 heteroatoms. The van der Waals surface area contributed by atoms with E-state index in [1.54, 1.807) is 23.9 Å². The van der Waals surface area contributed by atoms with Gasteiger partial charge in [0.2, 0.25) is 0 Å². The molecule has 1 N–H and O–H groups in total. The number of halogens is 1. The Bertz CT molecular complexity index is 355. The number of benzene rings is 1. The Balaban J connectivity index is 2.18. The molecule has 0 bridgehead atoms. The molecule has 1 fully saturated rings. The van der Waals surface area contributed by atoms with Crippen LogP contribution in [0, 0.1) is 5.82 Å². The molecule has 0 aliphatic carbocycles. The van der Waals surface area contributed by atoms with Crippen LogP contribution in [0.3, 0.4) is 0 Å². The molecular weight excluding hydrogens is 211 g/mol. The van der Waals surface area contributed by atoms with Crippen LogP contribution in [0.5, 0.6) is 0 Å². The van der Waals surface area contributed by atoms with Crippen molar-refractivity contribution in [3.63, 3.8) is 0 Å². The summed E-state index contributed by atoms with van der Waals surface area (Å²) in [5, 5.41) is 10.5. The SMILES string of the molecule is CC1SCCC1(O)Cc1ccccc1F. The number of rotatable bonds is 2. The minimum atomic E-state index is -0.729. The first-order chi connectivity index (χ1) is 7.12. The summed E-state index contributed by atoms with van der Waals surface area (Å²) in [7, 11) is 0. The lowest BCUT2D eigenvalue weighted by atomic mass is 9.89. The minimum absolute atomic E-state index is 0.192. The zero-order valence-corrected chi connectivity index (χ0v) is 9.56. The van der Waals surface area contributed by atoms with Gasteiger partial charge in [-0.2, -0.15) is 11.8 Å². The highest BCUT2D eigenvalue weighted by Gasteiger charge is 2.39. The van der Waals surface area contributed by atoms with Gasteiger partial charge in [0.1, 0.15) is 5.82 Å². The number of aliphatic hydroxyl groups is 1. The molecule has 2 atom stereocenters. The molecule has 1 heterocycles. The summed E-state index contributed by atoms with van der Waals surface area (Å²) in [4.78, 5) is 0. The van der Waals surface area contributed by atoms with Gasteiger partial charge in [-0.15, -0.1) is 0 Å². The summed E-state index contributed by atoms with van der Waals surface area (Å²) in [5.41, 5.74) is -0.110. The Morgan fingerprint density at radius 3 is 2.87 bits per heavy atom. The summed E-state index contributed by atoms with van der Waals surface area (Å²) in [6, 6.07) is 6.69. The molecule has 0 saturated carbocycles. The van der Waals surface area contributed by atoms with Gasteiger partial charge >= 0.3 is 0 Å². The molecule has 1 aromatic rings. The fourth-order valence-corrected chi connectivity index (χ4v) is 3.31. The van der Waals surface area contributed by atoms with Crippen molar-refractivity contribution in [1.29, 1.82) is 0 Å². The summed E-state index contributed by atoms with van der Waals surface area (Å²) < 4.78 is 13.4. The standard InChI is InChI=1S/C12H15FOS/c1-9-12(14,6-7-15-9)8-10-4-2-3-5-11(10)13/h2-5,9,14H,6-8H2,1H3. The van der Waals surface area contributed by atoms with Crippen LogP contribution in [0.25, 0.3) is 0 Å². The van der Waals surface area contributed by atoms with E-state index in [0.29, 0.717) is 12.0 Å². The lowest BCUT2D eigenvalue weighted by Crippen LogP contribution is -2.37. The van der Waals surface area contributed by atoms with E-state index >= 15 is 0 Å². The van der Waals surface area contributed by atoms with Crippen molar-refractivity contribution in [3.05, 3.63) is 35.6 Å². The van der Waals surface area contributed by atoms with E-state index < -0.39 is 5.60 Å². The van der Waals surface area contributed by atoms with Crippen LogP contribution in [-0.2, 0) is 6.42 Å². The van der Waals surface area contributed by atoms with Crippen molar-refractivity contribution < 1.29 is 9.50 Å². The van der Waals surface area contributed by atoms with Gasteiger partial charge in [0, 0.05) is 11.7 Å². The van der Waals surface area contributed by atoms with E-state index in [2.05, 4.69) is 0 Å². The van der Waals surface area contributed by atoms with Crippen molar-refractivity contribution in [2.45, 2.75) is 30.6 Å². The summed E-state index contributed by atoms with van der Waals surface area (Å²) in [5.74, 6) is 0.751. The monoisotopic (exact) mass is 226 g/mol. The molecule has 1 aromatic carbocycles. The van der Waals surface area contributed by atoms with E-state index in [0.717, 1.165) is 12.2 Å². The van der Waals surface area contributed by atoms with Crippen molar-refractivity contribution in [2.75, 3.05) is 5.75 Å². The van der Waals surface area contributed by atoms with Gasteiger partial charge in [-0.05, 0) is 23.8 Å². The second-order valence-corrected chi connectivity index (χ2v) is 5.58. The van der Waals surface area contributed by atoms with Crippen molar-refractivity contribution in [3.8, 4) is 0 Å². The van der Waals surface area contributed by atoms with Gasteiger partial charge in [-0.1, -0.05) is 25.1 Å². The third-order valence-corrected chi connectivity index (χ3v) is 4.49. The Hall–Kier alpha value is -0.540. The van der Waals surface area contributed by atoms with Gasteiger partial charge in [-0.25, -0.2) is 4.39 Å². The molecule has 2 unspecified atom stereocenters. The van der Waals surface area contributed by atoms with Crippen LogP contribution >= 0.6 is 11.8 Å². The lowest BCUT2D eigenvalue weighted by Gasteiger charge is -2.26. The number of thioether (sulfide) groups is 1. The van der Waals surface area contributed by atoms with Gasteiger partial charge in [-0.3, -0.25) is 0 Å². The van der Waals surface area contributed by atoms with Crippen LogP contribution in [-0.4, -0.2) is 21.7 Å². The highest BCUT2D eigenvalue weighted by Crippen LogP contribution is 2.38. The zero-order chi connectivity index (χ0) is 10.9. The Kier molecular flexibility index (Phi) is 3.03. The molecule has 0 radical (unpaired) electrons. The number of hydrogen-bond acceptors (Lipinski definition) is 2. The highest BCUT2D eigenvalue weighted by molar-refractivity contribution is 8.00. The van der Waals surface area contributed by atoms with Crippen molar-refractivity contribution >= 4 is 11.8 Å². The maximum absolute atomic E-state index is 13.4. The third kappa shape index (κ3) is 2.18. The maximum atomic E-state index is 13.4. The van der Waals surface area contributed by atoms with E-state index in [1.807, 2.05) is 13.0 Å². The number of hydrogen-bond donors (Lipinski definition) is 1. The van der Waals surface area contributed by atoms with Crippen molar-refractivity contribution in [2.24, 2.45) is 0 Å². The van der Waals surface area contributed by atoms with E-state index in [9.17, 15) is 9.50 Å². The topological polar surface area (TPSA) is 20.2 Å². The first-order valence-electron chi connectivity index (χ1n) is 5.19. The van der Waals surface area contributed by atoms with Gasteiger partial charge in [0.15, 0.2) is 0 Å². The quantitative estimate of drug-likeness (QED) is 0.836. The van der Waals surface area contributed by atoms with Gasteiger partial charge in [0.25, 0.3) is 0 Å². The smallest absolute Gasteiger partial charge is 0.126 e. The van der Waals surface area contributed by atoms with E-state index in [-0.39, 0.29) is 11.1 Å². The van der Waals surface area contributed by atoms with Crippen LogP contribution in [0.2, 0.25) is 0 Å². The van der Waals surface area contributed by atoms with E-state index in [1.165, 1.54) is 6.07 Å². The molecule has 2 rings (SSSR count). The van der Waals surface area contributed by atoms with Crippen LogP contribution in [0.4, 0.5) is 4.39 Å². The second kappa shape index (κ2) is 4.14. The van der Waals surface area contributed by atoms with Crippen LogP contribution < -0.4 is 0 Å². The molecule has 0 amide bonds. The summed E-state index contributed by atoms with van der Waals surface area (Å²) in [6.07, 6.45) is 1.18. The predicted molar refractivity (Wildman–Crippen MR) is 61.6 cm³/mol. The predicted octanol–water partition coefficient (Wildman–Crippen LogP) is 2.62. The average Bonchev–Trinajstić information content (AvgIpc) is 2.51. The third-order valence-electron chi connectivity index (χ3n) is 3.11. The maximum Gasteiger partial charge on any atom is 0.126 e. The Morgan fingerprint density at radius 2 is 2.27 bits per heavy atom. The van der Waals surface area contributed by atoms with Gasteiger partial charge < -0.3 is 5.11 Å². The van der Waals surface area contributed by atoms with Gasteiger partial charge in [0.05, 0.1) is 5.60 Å². The second-order valence-electron chi connectivity index (χ2n) is 4.13. The molecule has 82 valence electrons. The molecular formula is C12H15FOS. The van der Waals surface area contributed by atoms with Crippen LogP contribution in [0.15, 0.2) is 24.3 Å². The fourth-order valence-electron chi connectivity index (χ4n) is 1.97. The summed E-state index contributed by atoms with van der Waals surface area (Å²) in [6.45, 7) is 2.01. The summed E-state index contributed by atoms with van der Waals surface area (Å²) >= 11 is 1.76. The lowest BCUT2D eigenvalue weighted by molar-refractivity contribution is 0.0456. The van der Waals surface area contributed by atoms with E-state index in [4.69, 9.17) is 0 Å². The fraction of sp³-hybridized carbons (Fsp3) is 0.500. The minimum Gasteiger partial charge on any atom is -0.388 e. The molecule has 1 nitrogen and oxygen atoms in total. The molecule has 1 aliphatic rings. The highest BCUT2D eigenvalue weighted by atomic mass is 32.2. The van der Waals surface area contributed by atoms with Crippen molar-refractivity contribution in [1.82, 2.24) is 0 Å². The molecule has 0 spiro atoms.